The van der Waals surface area contributed by atoms with Gasteiger partial charge in [0.2, 0.25) is 5.91 Å². The van der Waals surface area contributed by atoms with Crippen molar-refractivity contribution in [2.75, 3.05) is 5.01 Å². The van der Waals surface area contributed by atoms with E-state index in [1.807, 2.05) is 60.7 Å². The van der Waals surface area contributed by atoms with Gasteiger partial charge in [-0.2, -0.15) is 10.2 Å². The fourth-order valence-corrected chi connectivity index (χ4v) is 3.36. The summed E-state index contributed by atoms with van der Waals surface area (Å²) in [6.45, 7) is 0.407. The van der Waals surface area contributed by atoms with E-state index in [0.29, 0.717) is 12.2 Å². The van der Waals surface area contributed by atoms with Crippen molar-refractivity contribution in [1.29, 1.82) is 0 Å². The zero-order chi connectivity index (χ0) is 20.9. The van der Waals surface area contributed by atoms with Gasteiger partial charge in [0, 0.05) is 6.42 Å². The van der Waals surface area contributed by atoms with Gasteiger partial charge in [-0.1, -0.05) is 48.5 Å². The average molecular weight is 403 g/mol. The molecule has 152 valence electrons. The Hall–Kier alpha value is -4.01. The molecule has 4 rings (SSSR count). The van der Waals surface area contributed by atoms with E-state index in [2.05, 4.69) is 20.5 Å². The Balaban J connectivity index is 1.56. The molecule has 1 aliphatic heterocycles. The van der Waals surface area contributed by atoms with Crippen molar-refractivity contribution in [3.05, 3.63) is 78.9 Å². The number of carbonyl (C=O) groups excluding carboxylic acids is 2. The Labute approximate surface area is 173 Å². The van der Waals surface area contributed by atoms with E-state index in [1.54, 1.807) is 11.0 Å². The van der Waals surface area contributed by atoms with Crippen LogP contribution in [0, 0.1) is 0 Å². The van der Waals surface area contributed by atoms with Gasteiger partial charge in [-0.25, -0.2) is 4.98 Å². The molecule has 0 saturated heterocycles. The zero-order valence-corrected chi connectivity index (χ0v) is 16.1. The molecule has 2 unspecified atom stereocenters. The van der Waals surface area contributed by atoms with Crippen LogP contribution in [0.25, 0.3) is 0 Å². The Morgan fingerprint density at radius 1 is 1.10 bits per heavy atom. The van der Waals surface area contributed by atoms with E-state index in [1.165, 1.54) is 11.3 Å². The molecule has 1 aliphatic rings. The normalized spacial score (nSPS) is 16.7. The number of amides is 2. The number of hydrazone groups is 1. The van der Waals surface area contributed by atoms with E-state index in [0.717, 1.165) is 5.56 Å². The molecule has 0 saturated carbocycles. The smallest absolute Gasteiger partial charge is 0.268 e. The number of primary amides is 1. The summed E-state index contributed by atoms with van der Waals surface area (Å²) in [4.78, 5) is 29.0. The number of nitrogens with one attached hydrogen (secondary N) is 1. The quantitative estimate of drug-likeness (QED) is 0.616. The molecule has 9 heteroatoms. The number of nitrogens with two attached hydrogens (primary N) is 1. The summed E-state index contributed by atoms with van der Waals surface area (Å²) in [6.07, 6.45) is 3.18. The SMILES string of the molecule is NC(=O)C1CC(C(=O)NC(Cn2cncn2)c2ccccc2)=NN1c1ccccc1. The average Bonchev–Trinajstić information content (AvgIpc) is 3.45. The number of aromatic nitrogens is 3. The lowest BCUT2D eigenvalue weighted by molar-refractivity contribution is -0.119. The van der Waals surface area contributed by atoms with Gasteiger partial charge < -0.3 is 11.1 Å². The predicted molar refractivity (Wildman–Crippen MR) is 111 cm³/mol. The van der Waals surface area contributed by atoms with Crippen LogP contribution < -0.4 is 16.1 Å². The largest absolute Gasteiger partial charge is 0.368 e. The number of hydrogen-bond donors (Lipinski definition) is 2. The first-order valence-electron chi connectivity index (χ1n) is 9.51. The molecule has 2 atom stereocenters. The summed E-state index contributed by atoms with van der Waals surface area (Å²) >= 11 is 0. The van der Waals surface area contributed by atoms with Crippen molar-refractivity contribution in [1.82, 2.24) is 20.1 Å². The molecule has 2 heterocycles. The first-order valence-corrected chi connectivity index (χ1v) is 9.51. The molecule has 30 heavy (non-hydrogen) atoms. The molecule has 2 amide bonds. The third kappa shape index (κ3) is 4.19. The van der Waals surface area contributed by atoms with Gasteiger partial charge >= 0.3 is 0 Å². The van der Waals surface area contributed by atoms with Gasteiger partial charge in [-0.3, -0.25) is 19.3 Å². The highest BCUT2D eigenvalue weighted by Crippen LogP contribution is 2.25. The molecule has 3 aromatic rings. The minimum Gasteiger partial charge on any atom is -0.368 e. The van der Waals surface area contributed by atoms with Crippen molar-refractivity contribution in [2.24, 2.45) is 10.8 Å². The molecule has 9 nitrogen and oxygen atoms in total. The molecule has 0 bridgehead atoms. The minimum absolute atomic E-state index is 0.140. The molecule has 0 spiro atoms. The molecule has 1 aromatic heterocycles. The standard InChI is InChI=1S/C21H21N7O2/c22-20(29)19-11-17(26-28(19)16-9-5-2-6-10-16)21(30)25-18(12-27-14-23-13-24-27)15-7-3-1-4-8-15/h1-10,13-14,18-19H,11-12H2,(H2,22,29)(H,25,30). The number of para-hydroxylation sites is 1. The van der Waals surface area contributed by atoms with Gasteiger partial charge in [0.15, 0.2) is 0 Å². The summed E-state index contributed by atoms with van der Waals surface area (Å²) < 4.78 is 1.65. The highest BCUT2D eigenvalue weighted by Gasteiger charge is 2.35. The van der Waals surface area contributed by atoms with Crippen LogP contribution in [0.5, 0.6) is 0 Å². The Kier molecular flexibility index (Phi) is 5.51. The minimum atomic E-state index is -0.710. The van der Waals surface area contributed by atoms with Crippen molar-refractivity contribution >= 4 is 23.2 Å². The molecule has 2 aromatic carbocycles. The topological polar surface area (TPSA) is 118 Å². The number of benzene rings is 2. The second kappa shape index (κ2) is 8.56. The van der Waals surface area contributed by atoms with E-state index in [4.69, 9.17) is 5.73 Å². The molecular weight excluding hydrogens is 382 g/mol. The predicted octanol–water partition coefficient (Wildman–Crippen LogP) is 1.26. The van der Waals surface area contributed by atoms with Crippen LogP contribution in [-0.2, 0) is 16.1 Å². The monoisotopic (exact) mass is 403 g/mol. The van der Waals surface area contributed by atoms with Gasteiger partial charge in [-0.05, 0) is 17.7 Å². The van der Waals surface area contributed by atoms with Gasteiger partial charge in [0.1, 0.15) is 24.4 Å². The summed E-state index contributed by atoms with van der Waals surface area (Å²) in [5.41, 5.74) is 7.44. The van der Waals surface area contributed by atoms with E-state index >= 15 is 0 Å². The van der Waals surface area contributed by atoms with Gasteiger partial charge in [0.25, 0.3) is 5.91 Å². The van der Waals surface area contributed by atoms with Gasteiger partial charge in [0.05, 0.1) is 18.3 Å². The number of carbonyl (C=O) groups is 2. The second-order valence-corrected chi connectivity index (χ2v) is 6.90. The summed E-state index contributed by atoms with van der Waals surface area (Å²) in [5.74, 6) is -0.888. The van der Waals surface area contributed by atoms with Crippen LogP contribution in [-0.4, -0.2) is 38.3 Å². The van der Waals surface area contributed by atoms with Crippen molar-refractivity contribution < 1.29 is 9.59 Å². The Bertz CT molecular complexity index is 1040. The molecule has 0 radical (unpaired) electrons. The highest BCUT2D eigenvalue weighted by atomic mass is 16.2. The van der Waals surface area contributed by atoms with Crippen molar-refractivity contribution in [3.63, 3.8) is 0 Å². The summed E-state index contributed by atoms with van der Waals surface area (Å²) in [5, 5.41) is 13.0. The van der Waals surface area contributed by atoms with Crippen LogP contribution >= 0.6 is 0 Å². The summed E-state index contributed by atoms with van der Waals surface area (Å²) in [7, 11) is 0. The molecule has 3 N–H and O–H groups in total. The van der Waals surface area contributed by atoms with Crippen molar-refractivity contribution in [3.8, 4) is 0 Å². The van der Waals surface area contributed by atoms with Crippen LogP contribution in [0.4, 0.5) is 5.69 Å². The molecular formula is C21H21N7O2. The van der Waals surface area contributed by atoms with E-state index in [-0.39, 0.29) is 24.1 Å². The lowest BCUT2D eigenvalue weighted by atomic mass is 10.1. The lowest BCUT2D eigenvalue weighted by Gasteiger charge is -2.20. The third-order valence-corrected chi connectivity index (χ3v) is 4.87. The third-order valence-electron chi connectivity index (χ3n) is 4.87. The Morgan fingerprint density at radius 2 is 1.80 bits per heavy atom. The first-order chi connectivity index (χ1) is 14.6. The van der Waals surface area contributed by atoms with Crippen LogP contribution in [0.3, 0.4) is 0 Å². The maximum atomic E-state index is 13.0. The van der Waals surface area contributed by atoms with Crippen LogP contribution in [0.15, 0.2) is 78.4 Å². The number of hydrogen-bond acceptors (Lipinski definition) is 6. The lowest BCUT2D eigenvalue weighted by Crippen LogP contribution is -2.40. The molecule has 0 aliphatic carbocycles. The second-order valence-electron chi connectivity index (χ2n) is 6.90. The summed E-state index contributed by atoms with van der Waals surface area (Å²) in [6, 6.07) is 17.7. The fourth-order valence-electron chi connectivity index (χ4n) is 3.36. The van der Waals surface area contributed by atoms with Crippen LogP contribution in [0.2, 0.25) is 0 Å². The maximum absolute atomic E-state index is 13.0. The number of anilines is 1. The van der Waals surface area contributed by atoms with E-state index < -0.39 is 11.9 Å². The van der Waals surface area contributed by atoms with Gasteiger partial charge in [-0.15, -0.1) is 0 Å². The van der Waals surface area contributed by atoms with E-state index in [9.17, 15) is 9.59 Å². The zero-order valence-electron chi connectivity index (χ0n) is 16.1. The fraction of sp³-hybridized carbons (Fsp3) is 0.190. The first kappa shape index (κ1) is 19.3. The van der Waals surface area contributed by atoms with Crippen molar-refractivity contribution in [2.45, 2.75) is 25.0 Å². The Morgan fingerprint density at radius 3 is 2.43 bits per heavy atom. The number of nitrogens with zero attached hydrogens (tertiary/aromatic N) is 5. The molecule has 0 fully saturated rings. The number of rotatable bonds is 7. The maximum Gasteiger partial charge on any atom is 0.268 e. The van der Waals surface area contributed by atoms with Crippen LogP contribution in [0.1, 0.15) is 18.0 Å². The highest BCUT2D eigenvalue weighted by molar-refractivity contribution is 6.40.